The summed E-state index contributed by atoms with van der Waals surface area (Å²) in [6, 6.07) is -0.624. The molecule has 2 unspecified atom stereocenters. The van der Waals surface area contributed by atoms with E-state index in [0.717, 1.165) is 38.5 Å². The number of hydrogen-bond donors (Lipinski definition) is 3. The fourth-order valence-electron chi connectivity index (χ4n) is 12.6. The fourth-order valence-corrected chi connectivity index (χ4v) is 12.6. The Bertz CT molecular complexity index is 1410. The highest BCUT2D eigenvalue weighted by Crippen LogP contribution is 2.19. The molecule has 2 atom stereocenters. The molecular weight excluding hydrogens is 1070 g/mol. The molecule has 514 valence electrons. The third-order valence-electron chi connectivity index (χ3n) is 18.6. The molecular formula is C81H155NO5. The lowest BCUT2D eigenvalue weighted by molar-refractivity contribution is -0.143. The first kappa shape index (κ1) is 85.1. The van der Waals surface area contributed by atoms with Crippen molar-refractivity contribution in [1.82, 2.24) is 5.32 Å². The van der Waals surface area contributed by atoms with Gasteiger partial charge in [-0.25, -0.2) is 0 Å². The number of allylic oxidation sites excluding steroid dienone is 5. The quantitative estimate of drug-likeness (QED) is 0.0320. The van der Waals surface area contributed by atoms with Crippen LogP contribution in [0, 0.1) is 0 Å². The Morgan fingerprint density at radius 1 is 0.310 bits per heavy atom. The number of rotatable bonds is 75. The van der Waals surface area contributed by atoms with E-state index in [1.54, 1.807) is 6.08 Å². The van der Waals surface area contributed by atoms with Gasteiger partial charge in [0, 0.05) is 12.8 Å². The van der Waals surface area contributed by atoms with Crippen LogP contribution >= 0.6 is 0 Å². The molecule has 0 aromatic rings. The first-order valence-electron chi connectivity index (χ1n) is 39.8. The normalized spacial score (nSPS) is 12.6. The van der Waals surface area contributed by atoms with E-state index in [0.29, 0.717) is 19.4 Å². The average Bonchev–Trinajstić information content (AvgIpc) is 3.53. The first-order chi connectivity index (χ1) is 43.0. The third kappa shape index (κ3) is 73.0. The number of nitrogens with one attached hydrogen (secondary N) is 1. The standard InChI is InChI=1S/C81H155NO5/c1-3-5-7-9-11-13-15-17-19-43-47-51-55-59-63-67-71-75-81(86)87-76-72-68-64-60-56-52-48-45-42-40-38-36-34-32-30-28-26-24-22-20-21-23-25-27-29-31-33-35-37-39-41-44-46-50-54-58-62-66-70-74-80(85)82-78(77-83)79(84)73-69-65-61-57-53-49-18-16-14-12-10-8-6-4-2/h17,19-21,69,73,78-79,83-84H,3-16,18,22-68,70-72,74-77H2,1-2H3,(H,82,85)/b19-17-,21-20-,73-69+. The van der Waals surface area contributed by atoms with Crippen LogP contribution in [0.5, 0.6) is 0 Å². The van der Waals surface area contributed by atoms with Crippen LogP contribution in [0.15, 0.2) is 36.5 Å². The van der Waals surface area contributed by atoms with Crippen LogP contribution in [0.4, 0.5) is 0 Å². The van der Waals surface area contributed by atoms with Crippen molar-refractivity contribution < 1.29 is 24.5 Å². The Labute approximate surface area is 544 Å². The molecule has 0 aliphatic rings. The van der Waals surface area contributed by atoms with Crippen LogP contribution < -0.4 is 5.32 Å². The summed E-state index contributed by atoms with van der Waals surface area (Å²) >= 11 is 0. The van der Waals surface area contributed by atoms with E-state index in [4.69, 9.17) is 4.74 Å². The Morgan fingerprint density at radius 3 is 0.816 bits per heavy atom. The molecule has 0 rings (SSSR count). The predicted molar refractivity (Wildman–Crippen MR) is 384 cm³/mol. The van der Waals surface area contributed by atoms with Gasteiger partial charge in [-0.15, -0.1) is 0 Å². The Hall–Kier alpha value is -1.92. The summed E-state index contributed by atoms with van der Waals surface area (Å²) in [6.45, 7) is 4.94. The molecule has 0 bridgehead atoms. The van der Waals surface area contributed by atoms with Crippen LogP contribution in [0.1, 0.15) is 444 Å². The minimum atomic E-state index is -0.841. The highest BCUT2D eigenvalue weighted by atomic mass is 16.5. The van der Waals surface area contributed by atoms with Crippen LogP contribution in [0.2, 0.25) is 0 Å². The minimum Gasteiger partial charge on any atom is -0.466 e. The molecule has 87 heavy (non-hydrogen) atoms. The molecule has 0 aromatic heterocycles. The summed E-state index contributed by atoms with van der Waals surface area (Å²) in [4.78, 5) is 24.6. The predicted octanol–water partition coefficient (Wildman–Crippen LogP) is 26.2. The average molecular weight is 1220 g/mol. The van der Waals surface area contributed by atoms with E-state index in [2.05, 4.69) is 43.5 Å². The lowest BCUT2D eigenvalue weighted by atomic mass is 10.0. The van der Waals surface area contributed by atoms with Crippen LogP contribution in [-0.2, 0) is 14.3 Å². The number of unbranched alkanes of at least 4 members (excludes halogenated alkanes) is 60. The van der Waals surface area contributed by atoms with E-state index >= 15 is 0 Å². The molecule has 0 saturated carbocycles. The lowest BCUT2D eigenvalue weighted by Crippen LogP contribution is -2.45. The highest BCUT2D eigenvalue weighted by molar-refractivity contribution is 5.76. The van der Waals surface area contributed by atoms with Crippen molar-refractivity contribution in [2.24, 2.45) is 0 Å². The number of carbonyl (C=O) groups excluding carboxylic acids is 2. The second kappa shape index (κ2) is 76.5. The highest BCUT2D eigenvalue weighted by Gasteiger charge is 2.18. The van der Waals surface area contributed by atoms with Crippen molar-refractivity contribution in [3.63, 3.8) is 0 Å². The van der Waals surface area contributed by atoms with Crippen molar-refractivity contribution in [3.05, 3.63) is 36.5 Å². The monoisotopic (exact) mass is 1220 g/mol. The fraction of sp³-hybridized carbons (Fsp3) is 0.901. The molecule has 6 nitrogen and oxygen atoms in total. The van der Waals surface area contributed by atoms with Crippen LogP contribution in [0.25, 0.3) is 0 Å². The molecule has 1 amide bonds. The summed E-state index contributed by atoms with van der Waals surface area (Å²) in [5, 5.41) is 23.2. The molecule has 0 spiro atoms. The van der Waals surface area contributed by atoms with Gasteiger partial charge >= 0.3 is 5.97 Å². The Kier molecular flexibility index (Phi) is 74.8. The summed E-state index contributed by atoms with van der Waals surface area (Å²) in [7, 11) is 0. The summed E-state index contributed by atoms with van der Waals surface area (Å²) in [5.41, 5.74) is 0. The number of amides is 1. The second-order valence-corrected chi connectivity index (χ2v) is 27.4. The minimum absolute atomic E-state index is 0.0196. The SMILES string of the molecule is CCCCCCCC/C=C\CCCCCCCCCC(=O)OCCCCCCCCCCCCCCCCCCCC/C=C\CCCCCCCCCCCCCCCCCCCC(=O)NC(CO)C(O)/C=C/CCCCCCCCCCCCCC. The molecule has 0 heterocycles. The summed E-state index contributed by atoms with van der Waals surface area (Å²) in [6.07, 6.45) is 100.0. The lowest BCUT2D eigenvalue weighted by Gasteiger charge is -2.20. The number of aliphatic hydroxyl groups excluding tert-OH is 2. The molecule has 0 aliphatic carbocycles. The van der Waals surface area contributed by atoms with E-state index in [1.807, 2.05) is 6.08 Å². The van der Waals surface area contributed by atoms with Gasteiger partial charge in [0.1, 0.15) is 0 Å². The summed E-state index contributed by atoms with van der Waals surface area (Å²) < 4.78 is 5.51. The second-order valence-electron chi connectivity index (χ2n) is 27.4. The smallest absolute Gasteiger partial charge is 0.305 e. The summed E-state index contributed by atoms with van der Waals surface area (Å²) in [5.74, 6) is -0.0417. The zero-order chi connectivity index (χ0) is 62.8. The van der Waals surface area contributed by atoms with Gasteiger partial charge < -0.3 is 20.3 Å². The van der Waals surface area contributed by atoms with E-state index < -0.39 is 12.1 Å². The topological polar surface area (TPSA) is 95.9 Å². The molecule has 0 saturated heterocycles. The molecule has 0 aliphatic heterocycles. The van der Waals surface area contributed by atoms with Crippen molar-refractivity contribution >= 4 is 11.9 Å². The van der Waals surface area contributed by atoms with Crippen LogP contribution in [0.3, 0.4) is 0 Å². The van der Waals surface area contributed by atoms with Gasteiger partial charge in [0.2, 0.25) is 5.91 Å². The molecule has 3 N–H and O–H groups in total. The maximum Gasteiger partial charge on any atom is 0.305 e. The number of aliphatic hydroxyl groups is 2. The molecule has 0 fully saturated rings. The zero-order valence-corrected chi connectivity index (χ0v) is 59.0. The Balaban J connectivity index is 3.32. The zero-order valence-electron chi connectivity index (χ0n) is 59.0. The van der Waals surface area contributed by atoms with Gasteiger partial charge in [-0.2, -0.15) is 0 Å². The molecule has 0 aromatic carbocycles. The molecule has 0 radical (unpaired) electrons. The maximum absolute atomic E-state index is 12.5. The largest absolute Gasteiger partial charge is 0.466 e. The van der Waals surface area contributed by atoms with Gasteiger partial charge in [-0.3, -0.25) is 9.59 Å². The van der Waals surface area contributed by atoms with Crippen molar-refractivity contribution in [3.8, 4) is 0 Å². The number of ether oxygens (including phenoxy) is 1. The van der Waals surface area contributed by atoms with Gasteiger partial charge in [0.25, 0.3) is 0 Å². The molecule has 6 heteroatoms. The number of hydrogen-bond acceptors (Lipinski definition) is 5. The van der Waals surface area contributed by atoms with Gasteiger partial charge in [0.05, 0.1) is 25.4 Å². The number of esters is 1. The van der Waals surface area contributed by atoms with Crippen molar-refractivity contribution in [2.45, 2.75) is 456 Å². The van der Waals surface area contributed by atoms with Gasteiger partial charge in [0.15, 0.2) is 0 Å². The Morgan fingerprint density at radius 2 is 0.540 bits per heavy atom. The maximum atomic E-state index is 12.5. The van der Waals surface area contributed by atoms with Gasteiger partial charge in [-0.1, -0.05) is 384 Å². The van der Waals surface area contributed by atoms with E-state index in [1.165, 1.54) is 379 Å². The van der Waals surface area contributed by atoms with Crippen molar-refractivity contribution in [2.75, 3.05) is 13.2 Å². The van der Waals surface area contributed by atoms with Crippen molar-refractivity contribution in [1.29, 1.82) is 0 Å². The third-order valence-corrected chi connectivity index (χ3v) is 18.6. The van der Waals surface area contributed by atoms with Gasteiger partial charge in [-0.05, 0) is 83.5 Å². The van der Waals surface area contributed by atoms with Crippen LogP contribution in [-0.4, -0.2) is 47.4 Å². The first-order valence-corrected chi connectivity index (χ1v) is 39.8. The van der Waals surface area contributed by atoms with E-state index in [9.17, 15) is 19.8 Å². The van der Waals surface area contributed by atoms with E-state index in [-0.39, 0.29) is 18.5 Å². The number of carbonyl (C=O) groups is 2.